The van der Waals surface area contributed by atoms with E-state index < -0.39 is 0 Å². The number of nitrogens with zero attached hydrogens (tertiary/aromatic N) is 1. The third-order valence-electron chi connectivity index (χ3n) is 4.13. The Hall–Kier alpha value is -1.81. The zero-order valence-electron chi connectivity index (χ0n) is 11.1. The molecule has 4 heteroatoms. The third kappa shape index (κ3) is 2.02. The van der Waals surface area contributed by atoms with Crippen LogP contribution in [-0.2, 0) is 5.54 Å². The summed E-state index contributed by atoms with van der Waals surface area (Å²) in [6.45, 7) is 3.96. The predicted molar refractivity (Wildman–Crippen MR) is 75.4 cm³/mol. The van der Waals surface area contributed by atoms with Gasteiger partial charge in [0.15, 0.2) is 0 Å². The van der Waals surface area contributed by atoms with Gasteiger partial charge in [-0.15, -0.1) is 0 Å². The molecule has 2 heterocycles. The van der Waals surface area contributed by atoms with E-state index in [0.29, 0.717) is 0 Å². The number of H-pyrrole nitrogens is 1. The lowest BCUT2D eigenvalue weighted by atomic mass is 9.81. The molecule has 0 radical (unpaired) electrons. The second-order valence-electron chi connectivity index (χ2n) is 5.28. The Labute approximate surface area is 112 Å². The Balaban J connectivity index is 2.14. The van der Waals surface area contributed by atoms with E-state index in [1.165, 1.54) is 11.1 Å². The van der Waals surface area contributed by atoms with Crippen LogP contribution >= 0.6 is 0 Å². The maximum absolute atomic E-state index is 12.1. The summed E-state index contributed by atoms with van der Waals surface area (Å²) < 4.78 is 1.86. The van der Waals surface area contributed by atoms with Gasteiger partial charge in [-0.2, -0.15) is 0 Å². The van der Waals surface area contributed by atoms with Crippen molar-refractivity contribution in [3.63, 3.8) is 0 Å². The minimum absolute atomic E-state index is 0.0255. The SMILES string of the molecule is Cc1ccc(C2(n3cc[nH]c3=O)CCNCC2)cc1. The van der Waals surface area contributed by atoms with Crippen LogP contribution in [0.4, 0.5) is 0 Å². The van der Waals surface area contributed by atoms with Crippen molar-refractivity contribution in [1.82, 2.24) is 14.9 Å². The lowest BCUT2D eigenvalue weighted by molar-refractivity contribution is 0.253. The first-order valence-corrected chi connectivity index (χ1v) is 6.77. The van der Waals surface area contributed by atoms with E-state index in [0.717, 1.165) is 25.9 Å². The molecule has 1 aromatic heterocycles. The van der Waals surface area contributed by atoms with Gasteiger partial charge in [-0.1, -0.05) is 29.8 Å². The van der Waals surface area contributed by atoms with Gasteiger partial charge < -0.3 is 10.3 Å². The van der Waals surface area contributed by atoms with Crippen molar-refractivity contribution < 1.29 is 0 Å². The van der Waals surface area contributed by atoms with Crippen molar-refractivity contribution in [2.24, 2.45) is 0 Å². The monoisotopic (exact) mass is 257 g/mol. The topological polar surface area (TPSA) is 49.8 Å². The van der Waals surface area contributed by atoms with Crippen LogP contribution in [0.15, 0.2) is 41.5 Å². The molecule has 4 nitrogen and oxygen atoms in total. The minimum Gasteiger partial charge on any atom is -0.317 e. The molecule has 19 heavy (non-hydrogen) atoms. The molecule has 3 rings (SSSR count). The van der Waals surface area contributed by atoms with Gasteiger partial charge in [-0.3, -0.25) is 4.57 Å². The van der Waals surface area contributed by atoms with E-state index >= 15 is 0 Å². The average Bonchev–Trinajstić information content (AvgIpc) is 2.87. The highest BCUT2D eigenvalue weighted by Crippen LogP contribution is 2.34. The molecule has 0 aliphatic carbocycles. The van der Waals surface area contributed by atoms with Crippen molar-refractivity contribution in [3.05, 3.63) is 58.3 Å². The molecule has 0 amide bonds. The fourth-order valence-electron chi connectivity index (χ4n) is 3.03. The lowest BCUT2D eigenvalue weighted by Crippen LogP contribution is -2.48. The van der Waals surface area contributed by atoms with Gasteiger partial charge in [0.2, 0.25) is 0 Å². The minimum atomic E-state index is -0.212. The van der Waals surface area contributed by atoms with Gasteiger partial charge in [0, 0.05) is 12.4 Å². The Bertz CT molecular complexity index is 603. The summed E-state index contributed by atoms with van der Waals surface area (Å²) in [5.74, 6) is 0. The van der Waals surface area contributed by atoms with Crippen LogP contribution in [-0.4, -0.2) is 22.6 Å². The van der Waals surface area contributed by atoms with Gasteiger partial charge in [-0.25, -0.2) is 4.79 Å². The quantitative estimate of drug-likeness (QED) is 0.858. The van der Waals surface area contributed by atoms with Crippen LogP contribution in [0.3, 0.4) is 0 Å². The number of imidazole rings is 1. The molecule has 1 aromatic carbocycles. The number of rotatable bonds is 2. The molecule has 1 fully saturated rings. The van der Waals surface area contributed by atoms with Crippen molar-refractivity contribution in [2.75, 3.05) is 13.1 Å². The molecule has 1 aliphatic rings. The average molecular weight is 257 g/mol. The highest BCUT2D eigenvalue weighted by Gasteiger charge is 2.36. The fraction of sp³-hybridized carbons (Fsp3) is 0.400. The number of aromatic amines is 1. The number of aryl methyl sites for hydroxylation is 1. The normalized spacial score (nSPS) is 18.4. The Morgan fingerprint density at radius 3 is 2.42 bits per heavy atom. The van der Waals surface area contributed by atoms with Crippen LogP contribution in [0.2, 0.25) is 0 Å². The number of nitrogens with one attached hydrogen (secondary N) is 2. The standard InChI is InChI=1S/C15H19N3O/c1-12-2-4-13(5-3-12)15(6-8-16-9-7-15)18-11-10-17-14(18)19/h2-5,10-11,16H,6-9H2,1H3,(H,17,19). The zero-order chi connectivity index (χ0) is 13.3. The van der Waals surface area contributed by atoms with E-state index in [1.807, 2.05) is 10.8 Å². The number of hydrogen-bond acceptors (Lipinski definition) is 2. The first-order valence-electron chi connectivity index (χ1n) is 6.77. The van der Waals surface area contributed by atoms with Gasteiger partial charge in [0.05, 0.1) is 5.54 Å². The van der Waals surface area contributed by atoms with Crippen LogP contribution in [0.25, 0.3) is 0 Å². The summed E-state index contributed by atoms with van der Waals surface area (Å²) in [6, 6.07) is 8.55. The fourth-order valence-corrected chi connectivity index (χ4v) is 3.03. The Morgan fingerprint density at radius 2 is 1.84 bits per heavy atom. The highest BCUT2D eigenvalue weighted by molar-refractivity contribution is 5.30. The molecule has 0 bridgehead atoms. The zero-order valence-corrected chi connectivity index (χ0v) is 11.1. The van der Waals surface area contributed by atoms with E-state index in [9.17, 15) is 4.79 Å². The van der Waals surface area contributed by atoms with Crippen LogP contribution in [0.5, 0.6) is 0 Å². The molecule has 2 aromatic rings. The lowest BCUT2D eigenvalue weighted by Gasteiger charge is -2.39. The summed E-state index contributed by atoms with van der Waals surface area (Å²) in [4.78, 5) is 14.8. The van der Waals surface area contributed by atoms with E-state index in [2.05, 4.69) is 41.5 Å². The van der Waals surface area contributed by atoms with Crippen LogP contribution in [0, 0.1) is 6.92 Å². The van der Waals surface area contributed by atoms with Gasteiger partial charge in [-0.05, 0) is 38.4 Å². The molecule has 0 saturated carbocycles. The van der Waals surface area contributed by atoms with Crippen molar-refractivity contribution in [3.8, 4) is 0 Å². The summed E-state index contributed by atoms with van der Waals surface area (Å²) >= 11 is 0. The van der Waals surface area contributed by atoms with Gasteiger partial charge in [0.1, 0.15) is 0 Å². The van der Waals surface area contributed by atoms with Crippen LogP contribution < -0.4 is 11.0 Å². The molecule has 1 saturated heterocycles. The molecule has 0 spiro atoms. The number of aromatic nitrogens is 2. The summed E-state index contributed by atoms with van der Waals surface area (Å²) in [6.07, 6.45) is 5.47. The second-order valence-corrected chi connectivity index (χ2v) is 5.28. The highest BCUT2D eigenvalue weighted by atomic mass is 16.1. The maximum Gasteiger partial charge on any atom is 0.326 e. The smallest absolute Gasteiger partial charge is 0.317 e. The van der Waals surface area contributed by atoms with Crippen molar-refractivity contribution in [2.45, 2.75) is 25.3 Å². The number of benzene rings is 1. The van der Waals surface area contributed by atoms with Gasteiger partial charge >= 0.3 is 5.69 Å². The molecule has 100 valence electrons. The Kier molecular flexibility index (Phi) is 3.03. The van der Waals surface area contributed by atoms with E-state index in [-0.39, 0.29) is 11.2 Å². The molecule has 0 unspecified atom stereocenters. The predicted octanol–water partition coefficient (Wildman–Crippen LogP) is 1.61. The van der Waals surface area contributed by atoms with Crippen molar-refractivity contribution in [1.29, 1.82) is 0 Å². The van der Waals surface area contributed by atoms with Gasteiger partial charge in [0.25, 0.3) is 0 Å². The largest absolute Gasteiger partial charge is 0.326 e. The summed E-state index contributed by atoms with van der Waals surface area (Å²) in [5.41, 5.74) is 2.23. The molecule has 2 N–H and O–H groups in total. The van der Waals surface area contributed by atoms with Crippen molar-refractivity contribution >= 4 is 0 Å². The number of hydrogen-bond donors (Lipinski definition) is 2. The number of piperidine rings is 1. The first kappa shape index (κ1) is 12.2. The molecule has 1 aliphatic heterocycles. The van der Waals surface area contributed by atoms with Crippen LogP contribution in [0.1, 0.15) is 24.0 Å². The second kappa shape index (κ2) is 4.70. The van der Waals surface area contributed by atoms with E-state index in [4.69, 9.17) is 0 Å². The molecular formula is C15H19N3O. The first-order chi connectivity index (χ1) is 9.22. The Morgan fingerprint density at radius 1 is 1.16 bits per heavy atom. The summed E-state index contributed by atoms with van der Waals surface area (Å²) in [5, 5.41) is 3.38. The molecule has 0 atom stereocenters. The van der Waals surface area contributed by atoms with E-state index in [1.54, 1.807) is 6.20 Å². The molecular weight excluding hydrogens is 238 g/mol. The third-order valence-corrected chi connectivity index (χ3v) is 4.13. The summed E-state index contributed by atoms with van der Waals surface area (Å²) in [7, 11) is 0. The maximum atomic E-state index is 12.1.